The molecule has 2 aliphatic heterocycles. The van der Waals surface area contributed by atoms with Crippen LogP contribution in [0.4, 0.5) is 5.82 Å². The zero-order valence-corrected chi connectivity index (χ0v) is 15.3. The van der Waals surface area contributed by atoms with Crippen molar-refractivity contribution in [3.05, 3.63) is 48.2 Å². The van der Waals surface area contributed by atoms with Gasteiger partial charge in [-0.15, -0.1) is 0 Å². The Labute approximate surface area is 157 Å². The van der Waals surface area contributed by atoms with E-state index in [-0.39, 0.29) is 11.7 Å². The van der Waals surface area contributed by atoms with Gasteiger partial charge in [-0.2, -0.15) is 14.6 Å². The van der Waals surface area contributed by atoms with Crippen molar-refractivity contribution in [1.29, 1.82) is 0 Å². The highest BCUT2D eigenvalue weighted by molar-refractivity contribution is 5.50. The summed E-state index contributed by atoms with van der Waals surface area (Å²) in [4.78, 5) is 15.2. The Hall–Kier alpha value is -2.58. The van der Waals surface area contributed by atoms with E-state index in [0.29, 0.717) is 12.4 Å². The first-order valence-corrected chi connectivity index (χ1v) is 9.29. The molecule has 5 heterocycles. The van der Waals surface area contributed by atoms with Gasteiger partial charge in [-0.25, -0.2) is 4.98 Å². The molecule has 0 bridgehead atoms. The number of anilines is 1. The molecule has 2 aliphatic rings. The van der Waals surface area contributed by atoms with Crippen molar-refractivity contribution in [2.75, 3.05) is 24.6 Å². The highest BCUT2D eigenvalue weighted by atomic mass is 16.5. The van der Waals surface area contributed by atoms with E-state index in [1.807, 2.05) is 31.2 Å². The molecule has 1 spiro atoms. The molecule has 3 aromatic rings. The van der Waals surface area contributed by atoms with Crippen LogP contribution in [0.3, 0.4) is 0 Å². The molecule has 0 unspecified atom stereocenters. The average molecular weight is 366 g/mol. The third-order valence-corrected chi connectivity index (χ3v) is 5.28. The Morgan fingerprint density at radius 3 is 3.07 bits per heavy atom. The van der Waals surface area contributed by atoms with Gasteiger partial charge in [0.1, 0.15) is 17.7 Å². The molecule has 8 nitrogen and oxygen atoms in total. The van der Waals surface area contributed by atoms with Crippen molar-refractivity contribution < 1.29 is 9.47 Å². The lowest BCUT2D eigenvalue weighted by atomic mass is 9.84. The molecule has 0 radical (unpaired) electrons. The summed E-state index contributed by atoms with van der Waals surface area (Å²) in [5.74, 6) is 1.65. The van der Waals surface area contributed by atoms with Gasteiger partial charge in [0.05, 0.1) is 31.5 Å². The summed E-state index contributed by atoms with van der Waals surface area (Å²) >= 11 is 0. The molecule has 0 aliphatic carbocycles. The lowest BCUT2D eigenvalue weighted by molar-refractivity contribution is -0.148. The van der Waals surface area contributed by atoms with Crippen LogP contribution in [0.25, 0.3) is 5.78 Å². The minimum absolute atomic E-state index is 0.142. The number of aromatic nitrogens is 5. The van der Waals surface area contributed by atoms with Crippen molar-refractivity contribution >= 4 is 11.6 Å². The predicted molar refractivity (Wildman–Crippen MR) is 98.5 cm³/mol. The van der Waals surface area contributed by atoms with Gasteiger partial charge >= 0.3 is 0 Å². The fourth-order valence-electron chi connectivity index (χ4n) is 3.98. The summed E-state index contributed by atoms with van der Waals surface area (Å²) < 4.78 is 14.1. The molecule has 0 saturated carbocycles. The zero-order chi connectivity index (χ0) is 18.3. The molecule has 140 valence electrons. The van der Waals surface area contributed by atoms with Crippen LogP contribution in [0.15, 0.2) is 36.8 Å². The van der Waals surface area contributed by atoms with Crippen LogP contribution in [-0.4, -0.2) is 56.0 Å². The van der Waals surface area contributed by atoms with Crippen molar-refractivity contribution in [2.45, 2.75) is 38.1 Å². The minimum Gasteiger partial charge on any atom is -0.372 e. The SMILES string of the molecule is Cc1cc(N2CC3(C[C@@H](OCc4ccccn4)CCO3)C2)n2ncnc2n1. The van der Waals surface area contributed by atoms with Gasteiger partial charge in [0.2, 0.25) is 0 Å². The molecule has 0 aromatic carbocycles. The topological polar surface area (TPSA) is 77.7 Å². The number of aryl methyl sites for hydroxylation is 1. The third kappa shape index (κ3) is 3.15. The maximum absolute atomic E-state index is 6.16. The van der Waals surface area contributed by atoms with E-state index in [1.54, 1.807) is 17.0 Å². The molecule has 1 atom stereocenters. The van der Waals surface area contributed by atoms with E-state index in [1.165, 1.54) is 0 Å². The van der Waals surface area contributed by atoms with Gasteiger partial charge in [-0.3, -0.25) is 4.98 Å². The smallest absolute Gasteiger partial charge is 0.254 e. The van der Waals surface area contributed by atoms with Gasteiger partial charge in [-0.1, -0.05) is 6.07 Å². The number of hydrogen-bond donors (Lipinski definition) is 0. The monoisotopic (exact) mass is 366 g/mol. The van der Waals surface area contributed by atoms with Crippen LogP contribution < -0.4 is 4.90 Å². The molecular weight excluding hydrogens is 344 g/mol. The summed E-state index contributed by atoms with van der Waals surface area (Å²) in [7, 11) is 0. The summed E-state index contributed by atoms with van der Waals surface area (Å²) in [6, 6.07) is 7.95. The molecule has 5 rings (SSSR count). The van der Waals surface area contributed by atoms with Gasteiger partial charge in [0, 0.05) is 31.0 Å². The second kappa shape index (κ2) is 6.54. The van der Waals surface area contributed by atoms with E-state index in [2.05, 4.69) is 25.0 Å². The van der Waals surface area contributed by atoms with E-state index in [9.17, 15) is 0 Å². The van der Waals surface area contributed by atoms with Crippen LogP contribution >= 0.6 is 0 Å². The van der Waals surface area contributed by atoms with Crippen LogP contribution in [0.1, 0.15) is 24.2 Å². The molecule has 3 aromatic heterocycles. The summed E-state index contributed by atoms with van der Waals surface area (Å²) in [5, 5.41) is 4.30. The number of rotatable bonds is 4. The summed E-state index contributed by atoms with van der Waals surface area (Å²) in [6.07, 6.45) is 5.38. The van der Waals surface area contributed by atoms with Crippen LogP contribution in [0, 0.1) is 6.92 Å². The van der Waals surface area contributed by atoms with Crippen molar-refractivity contribution in [3.63, 3.8) is 0 Å². The quantitative estimate of drug-likeness (QED) is 0.696. The minimum atomic E-state index is -0.142. The molecule has 8 heteroatoms. The van der Waals surface area contributed by atoms with Crippen molar-refractivity contribution in [3.8, 4) is 0 Å². The Bertz CT molecular complexity index is 938. The Morgan fingerprint density at radius 1 is 1.30 bits per heavy atom. The Balaban J connectivity index is 1.25. The average Bonchev–Trinajstić information content (AvgIpc) is 3.13. The molecule has 27 heavy (non-hydrogen) atoms. The van der Waals surface area contributed by atoms with Gasteiger partial charge in [0.25, 0.3) is 5.78 Å². The van der Waals surface area contributed by atoms with E-state index in [4.69, 9.17) is 9.47 Å². The molecule has 0 N–H and O–H groups in total. The maximum Gasteiger partial charge on any atom is 0.254 e. The van der Waals surface area contributed by atoms with E-state index >= 15 is 0 Å². The lowest BCUT2D eigenvalue weighted by Crippen LogP contribution is -2.66. The van der Waals surface area contributed by atoms with E-state index in [0.717, 1.165) is 49.7 Å². The van der Waals surface area contributed by atoms with E-state index < -0.39 is 0 Å². The lowest BCUT2D eigenvalue weighted by Gasteiger charge is -2.53. The van der Waals surface area contributed by atoms with Crippen LogP contribution in [-0.2, 0) is 16.1 Å². The number of fused-ring (bicyclic) bond motifs is 1. The third-order valence-electron chi connectivity index (χ3n) is 5.28. The fourth-order valence-corrected chi connectivity index (χ4v) is 3.98. The Morgan fingerprint density at radius 2 is 2.22 bits per heavy atom. The van der Waals surface area contributed by atoms with Crippen LogP contribution in [0.5, 0.6) is 0 Å². The standard InChI is InChI=1S/C19H22N6O2/c1-14-8-17(25-18(23-14)21-13-22-25)24-11-19(12-24)9-16(5-7-27-19)26-10-15-4-2-3-6-20-15/h2-4,6,8,13,16H,5,7,9-12H2,1H3/t16-/m0/s1. The van der Waals surface area contributed by atoms with Crippen molar-refractivity contribution in [1.82, 2.24) is 24.6 Å². The molecular formula is C19H22N6O2. The largest absolute Gasteiger partial charge is 0.372 e. The normalized spacial score (nSPS) is 21.5. The fraction of sp³-hybridized carbons (Fsp3) is 0.474. The highest BCUT2D eigenvalue weighted by Crippen LogP contribution is 2.38. The second-order valence-electron chi connectivity index (χ2n) is 7.36. The van der Waals surface area contributed by atoms with Gasteiger partial charge < -0.3 is 14.4 Å². The summed E-state index contributed by atoms with van der Waals surface area (Å²) in [5.41, 5.74) is 1.76. The van der Waals surface area contributed by atoms with Gasteiger partial charge in [0.15, 0.2) is 0 Å². The zero-order valence-electron chi connectivity index (χ0n) is 15.3. The number of nitrogens with zero attached hydrogens (tertiary/aromatic N) is 6. The Kier molecular flexibility index (Phi) is 4.02. The van der Waals surface area contributed by atoms with Crippen LogP contribution in [0.2, 0.25) is 0 Å². The number of hydrogen-bond acceptors (Lipinski definition) is 7. The highest BCUT2D eigenvalue weighted by Gasteiger charge is 2.48. The van der Waals surface area contributed by atoms with Gasteiger partial charge in [-0.05, 0) is 25.5 Å². The number of ether oxygens (including phenoxy) is 2. The summed E-state index contributed by atoms with van der Waals surface area (Å²) in [6.45, 7) is 4.92. The first-order chi connectivity index (χ1) is 13.2. The molecule has 0 amide bonds. The first kappa shape index (κ1) is 16.6. The van der Waals surface area contributed by atoms with Crippen molar-refractivity contribution in [2.24, 2.45) is 0 Å². The molecule has 2 saturated heterocycles. The predicted octanol–water partition coefficient (Wildman–Crippen LogP) is 1.78. The molecule has 2 fully saturated rings. The number of pyridine rings is 1. The first-order valence-electron chi connectivity index (χ1n) is 9.29. The maximum atomic E-state index is 6.16. The second-order valence-corrected chi connectivity index (χ2v) is 7.36.